The summed E-state index contributed by atoms with van der Waals surface area (Å²) in [5.41, 5.74) is 1.22. The van der Waals surface area contributed by atoms with Gasteiger partial charge in [-0.1, -0.05) is 13.0 Å². The van der Waals surface area contributed by atoms with Crippen LogP contribution in [-0.4, -0.2) is 13.2 Å². The summed E-state index contributed by atoms with van der Waals surface area (Å²) in [5, 5.41) is 3.29. The number of furan rings is 1. The van der Waals surface area contributed by atoms with Gasteiger partial charge in [-0.05, 0) is 32.4 Å². The van der Waals surface area contributed by atoms with E-state index in [1.165, 1.54) is 5.56 Å². The first-order chi connectivity index (χ1) is 8.27. The molecule has 0 spiro atoms. The highest BCUT2D eigenvalue weighted by molar-refractivity contribution is 5.20. The summed E-state index contributed by atoms with van der Waals surface area (Å²) in [4.78, 5) is 0. The van der Waals surface area contributed by atoms with Gasteiger partial charge in [0.1, 0.15) is 18.1 Å². The van der Waals surface area contributed by atoms with Gasteiger partial charge in [0.25, 0.3) is 0 Å². The van der Waals surface area contributed by atoms with E-state index in [9.17, 15) is 0 Å². The zero-order valence-electron chi connectivity index (χ0n) is 10.9. The van der Waals surface area contributed by atoms with Gasteiger partial charge < -0.3 is 14.5 Å². The van der Waals surface area contributed by atoms with Crippen molar-refractivity contribution >= 4 is 0 Å². The van der Waals surface area contributed by atoms with Crippen molar-refractivity contribution in [3.8, 4) is 0 Å². The average Bonchev–Trinajstić information content (AvgIpc) is 2.67. The van der Waals surface area contributed by atoms with Crippen molar-refractivity contribution in [1.82, 2.24) is 5.32 Å². The van der Waals surface area contributed by atoms with Gasteiger partial charge in [-0.15, -0.1) is 6.58 Å². The van der Waals surface area contributed by atoms with E-state index in [4.69, 9.17) is 9.15 Å². The van der Waals surface area contributed by atoms with E-state index in [0.717, 1.165) is 44.1 Å². The summed E-state index contributed by atoms with van der Waals surface area (Å²) in [7, 11) is 0. The fraction of sp³-hybridized carbons (Fsp3) is 0.571. The molecule has 0 aliphatic carbocycles. The summed E-state index contributed by atoms with van der Waals surface area (Å²) in [6.07, 6.45) is 3.94. The van der Waals surface area contributed by atoms with Crippen LogP contribution in [0.2, 0.25) is 0 Å². The first-order valence-corrected chi connectivity index (χ1v) is 6.25. The molecule has 3 nitrogen and oxygen atoms in total. The second kappa shape index (κ2) is 8.09. The molecule has 0 unspecified atom stereocenters. The minimum absolute atomic E-state index is 0.560. The number of hydrogen-bond acceptors (Lipinski definition) is 3. The van der Waals surface area contributed by atoms with E-state index in [-0.39, 0.29) is 0 Å². The van der Waals surface area contributed by atoms with Gasteiger partial charge in [-0.2, -0.15) is 0 Å². The summed E-state index contributed by atoms with van der Waals surface area (Å²) in [6, 6.07) is 2.07. The third-order valence-corrected chi connectivity index (χ3v) is 2.58. The Kier molecular flexibility index (Phi) is 6.67. The van der Waals surface area contributed by atoms with Crippen LogP contribution in [0.1, 0.15) is 36.8 Å². The Bertz CT molecular complexity index is 331. The summed E-state index contributed by atoms with van der Waals surface area (Å²) >= 11 is 0. The fourth-order valence-corrected chi connectivity index (χ4v) is 1.60. The van der Waals surface area contributed by atoms with Crippen molar-refractivity contribution in [3.63, 3.8) is 0 Å². The summed E-state index contributed by atoms with van der Waals surface area (Å²) in [6.45, 7) is 10.9. The SMILES string of the molecule is C=CCCCOCc1cc(CNCC)c(C)o1. The molecule has 0 aliphatic heterocycles. The molecule has 0 aliphatic rings. The molecular formula is C14H23NO2. The van der Waals surface area contributed by atoms with Gasteiger partial charge in [0, 0.05) is 18.7 Å². The van der Waals surface area contributed by atoms with Crippen LogP contribution in [0, 0.1) is 6.92 Å². The minimum atomic E-state index is 0.560. The Balaban J connectivity index is 2.31. The lowest BCUT2D eigenvalue weighted by Gasteiger charge is -1.99. The molecule has 17 heavy (non-hydrogen) atoms. The largest absolute Gasteiger partial charge is 0.464 e. The van der Waals surface area contributed by atoms with Crippen LogP contribution in [-0.2, 0) is 17.9 Å². The molecule has 1 rings (SSSR count). The maximum absolute atomic E-state index is 5.63. The van der Waals surface area contributed by atoms with Crippen LogP contribution in [0.15, 0.2) is 23.1 Å². The monoisotopic (exact) mass is 237 g/mol. The number of ether oxygens (including phenoxy) is 1. The van der Waals surface area contributed by atoms with Crippen molar-refractivity contribution in [2.45, 2.75) is 39.8 Å². The number of allylic oxidation sites excluding steroid dienone is 1. The van der Waals surface area contributed by atoms with Crippen LogP contribution in [0.25, 0.3) is 0 Å². The molecular weight excluding hydrogens is 214 g/mol. The fourth-order valence-electron chi connectivity index (χ4n) is 1.60. The Morgan fingerprint density at radius 1 is 1.53 bits per heavy atom. The van der Waals surface area contributed by atoms with Crippen LogP contribution in [0.5, 0.6) is 0 Å². The first kappa shape index (κ1) is 14.0. The second-order valence-electron chi connectivity index (χ2n) is 4.06. The maximum Gasteiger partial charge on any atom is 0.130 e. The highest BCUT2D eigenvalue weighted by Gasteiger charge is 2.06. The molecule has 1 aromatic heterocycles. The molecule has 0 aromatic carbocycles. The van der Waals surface area contributed by atoms with Crippen LogP contribution in [0.4, 0.5) is 0 Å². The van der Waals surface area contributed by atoms with Gasteiger partial charge in [0.05, 0.1) is 0 Å². The zero-order chi connectivity index (χ0) is 12.5. The molecule has 1 N–H and O–H groups in total. The van der Waals surface area contributed by atoms with Gasteiger partial charge in [-0.3, -0.25) is 0 Å². The van der Waals surface area contributed by atoms with Crippen molar-refractivity contribution < 1.29 is 9.15 Å². The standard InChI is InChI=1S/C14H23NO2/c1-4-6-7-8-16-11-14-9-13(10-15-5-2)12(3)17-14/h4,9,15H,1,5-8,10-11H2,2-3H3. The van der Waals surface area contributed by atoms with E-state index in [2.05, 4.69) is 24.9 Å². The van der Waals surface area contributed by atoms with Crippen LogP contribution in [0.3, 0.4) is 0 Å². The molecule has 3 heteroatoms. The number of aryl methyl sites for hydroxylation is 1. The quantitative estimate of drug-likeness (QED) is 0.529. The lowest BCUT2D eigenvalue weighted by atomic mass is 10.2. The Hall–Kier alpha value is -1.06. The molecule has 0 amide bonds. The second-order valence-corrected chi connectivity index (χ2v) is 4.06. The first-order valence-electron chi connectivity index (χ1n) is 6.25. The van der Waals surface area contributed by atoms with Crippen molar-refractivity contribution in [1.29, 1.82) is 0 Å². The number of nitrogens with one attached hydrogen (secondary N) is 1. The van der Waals surface area contributed by atoms with Gasteiger partial charge in [0.2, 0.25) is 0 Å². The molecule has 0 bridgehead atoms. The predicted octanol–water partition coefficient (Wildman–Crippen LogP) is 3.18. The van der Waals surface area contributed by atoms with Crippen LogP contribution >= 0.6 is 0 Å². The minimum Gasteiger partial charge on any atom is -0.464 e. The molecule has 96 valence electrons. The van der Waals surface area contributed by atoms with E-state index in [0.29, 0.717) is 6.61 Å². The Morgan fingerprint density at radius 2 is 2.35 bits per heavy atom. The molecule has 0 atom stereocenters. The van der Waals surface area contributed by atoms with Gasteiger partial charge in [0.15, 0.2) is 0 Å². The Morgan fingerprint density at radius 3 is 3.06 bits per heavy atom. The van der Waals surface area contributed by atoms with Crippen molar-refractivity contribution in [2.24, 2.45) is 0 Å². The van der Waals surface area contributed by atoms with E-state index in [1.54, 1.807) is 0 Å². The molecule has 1 heterocycles. The number of hydrogen-bond donors (Lipinski definition) is 1. The van der Waals surface area contributed by atoms with E-state index >= 15 is 0 Å². The normalized spacial score (nSPS) is 10.7. The lowest BCUT2D eigenvalue weighted by molar-refractivity contribution is 0.104. The summed E-state index contributed by atoms with van der Waals surface area (Å²) < 4.78 is 11.2. The molecule has 0 fully saturated rings. The van der Waals surface area contributed by atoms with Crippen molar-refractivity contribution in [3.05, 3.63) is 35.8 Å². The van der Waals surface area contributed by atoms with Gasteiger partial charge in [-0.25, -0.2) is 0 Å². The zero-order valence-corrected chi connectivity index (χ0v) is 10.9. The molecule has 0 radical (unpaired) electrons. The topological polar surface area (TPSA) is 34.4 Å². The van der Waals surface area contributed by atoms with E-state index in [1.807, 2.05) is 13.0 Å². The van der Waals surface area contributed by atoms with Gasteiger partial charge >= 0.3 is 0 Å². The maximum atomic E-state index is 5.63. The number of rotatable bonds is 9. The smallest absolute Gasteiger partial charge is 0.130 e. The van der Waals surface area contributed by atoms with Crippen LogP contribution < -0.4 is 5.32 Å². The molecule has 1 aromatic rings. The molecule has 0 saturated carbocycles. The van der Waals surface area contributed by atoms with Crippen molar-refractivity contribution in [2.75, 3.05) is 13.2 Å². The highest BCUT2D eigenvalue weighted by atomic mass is 16.5. The van der Waals surface area contributed by atoms with E-state index < -0.39 is 0 Å². The predicted molar refractivity (Wildman–Crippen MR) is 69.9 cm³/mol. The third kappa shape index (κ3) is 5.20. The summed E-state index contributed by atoms with van der Waals surface area (Å²) in [5.74, 6) is 1.89. The highest BCUT2D eigenvalue weighted by Crippen LogP contribution is 2.15. The Labute approximate surface area is 104 Å². The average molecular weight is 237 g/mol. The number of unbranched alkanes of at least 4 members (excludes halogenated alkanes) is 1. The third-order valence-electron chi connectivity index (χ3n) is 2.58. The lowest BCUT2D eigenvalue weighted by Crippen LogP contribution is -2.11. The molecule has 0 saturated heterocycles.